The van der Waals surface area contributed by atoms with Gasteiger partial charge in [0.15, 0.2) is 0 Å². The van der Waals surface area contributed by atoms with Crippen LogP contribution in [0, 0.1) is 11.3 Å². The topological polar surface area (TPSA) is 90.7 Å². The van der Waals surface area contributed by atoms with Crippen LogP contribution in [-0.4, -0.2) is 22.4 Å². The van der Waals surface area contributed by atoms with E-state index in [2.05, 4.69) is 26.7 Å². The monoisotopic (exact) mass is 285 g/mol. The third-order valence-electron chi connectivity index (χ3n) is 3.06. The molecular weight excluding hydrogens is 274 g/mol. The number of anilines is 1. The van der Waals surface area contributed by atoms with Crippen LogP contribution in [0.1, 0.15) is 26.5 Å². The maximum atomic E-state index is 12.1. The molecule has 0 saturated carbocycles. The molecule has 3 heterocycles. The first-order chi connectivity index (χ1) is 9.79. The van der Waals surface area contributed by atoms with Crippen molar-refractivity contribution in [2.45, 2.75) is 13.0 Å². The van der Waals surface area contributed by atoms with Crippen LogP contribution in [0.2, 0.25) is 0 Å². The van der Waals surface area contributed by atoms with E-state index in [0.29, 0.717) is 10.6 Å². The predicted molar refractivity (Wildman–Crippen MR) is 74.4 cm³/mol. The summed E-state index contributed by atoms with van der Waals surface area (Å²) in [4.78, 5) is 21.0. The van der Waals surface area contributed by atoms with E-state index in [-0.39, 0.29) is 11.6 Å². The number of hydrogen-bond acceptors (Lipinski definition) is 6. The summed E-state index contributed by atoms with van der Waals surface area (Å²) in [5.74, 6) is -0.346. The van der Waals surface area contributed by atoms with Crippen molar-refractivity contribution in [1.82, 2.24) is 15.3 Å². The number of fused-ring (bicyclic) bond motifs is 1. The molecule has 0 saturated heterocycles. The lowest BCUT2D eigenvalue weighted by Crippen LogP contribution is -2.22. The van der Waals surface area contributed by atoms with Crippen LogP contribution < -0.4 is 10.6 Å². The molecule has 2 aromatic rings. The van der Waals surface area contributed by atoms with E-state index in [4.69, 9.17) is 0 Å². The summed E-state index contributed by atoms with van der Waals surface area (Å²) < 4.78 is 0. The van der Waals surface area contributed by atoms with Gasteiger partial charge >= 0.3 is 0 Å². The highest BCUT2D eigenvalue weighted by Gasteiger charge is 2.22. The lowest BCUT2D eigenvalue weighted by molar-refractivity contribution is 0.102. The van der Waals surface area contributed by atoms with Crippen molar-refractivity contribution in [2.75, 3.05) is 11.9 Å². The molecule has 0 bridgehead atoms. The highest BCUT2D eigenvalue weighted by molar-refractivity contribution is 7.16. The molecule has 1 aliphatic rings. The van der Waals surface area contributed by atoms with E-state index in [1.807, 2.05) is 0 Å². The molecule has 0 atom stereocenters. The molecule has 20 heavy (non-hydrogen) atoms. The van der Waals surface area contributed by atoms with Gasteiger partial charge in [-0.2, -0.15) is 5.26 Å². The molecule has 100 valence electrons. The Balaban J connectivity index is 1.90. The van der Waals surface area contributed by atoms with Crippen molar-refractivity contribution in [2.24, 2.45) is 0 Å². The lowest BCUT2D eigenvalue weighted by atomic mass is 10.1. The third kappa shape index (κ3) is 2.27. The van der Waals surface area contributed by atoms with Crippen molar-refractivity contribution >= 4 is 22.2 Å². The lowest BCUT2D eigenvalue weighted by Gasteiger charge is -2.11. The summed E-state index contributed by atoms with van der Waals surface area (Å²) in [7, 11) is 0. The van der Waals surface area contributed by atoms with Crippen molar-refractivity contribution < 1.29 is 4.79 Å². The molecule has 6 nitrogen and oxygen atoms in total. The van der Waals surface area contributed by atoms with Gasteiger partial charge in [-0.25, -0.2) is 4.98 Å². The number of thiophene rings is 1. The minimum atomic E-state index is -0.346. The Morgan fingerprint density at radius 2 is 2.40 bits per heavy atom. The van der Waals surface area contributed by atoms with Crippen LogP contribution in [0.3, 0.4) is 0 Å². The molecular formula is C13H11N5OS. The summed E-state index contributed by atoms with van der Waals surface area (Å²) in [6.45, 7) is 1.60. The first-order valence-electron chi connectivity index (χ1n) is 6.12. The fourth-order valence-electron chi connectivity index (χ4n) is 2.12. The van der Waals surface area contributed by atoms with E-state index in [1.54, 1.807) is 0 Å². The SMILES string of the molecule is N#Cc1c(NC(=O)c2cnccn2)sc2c1CCNC2. The van der Waals surface area contributed by atoms with Crippen LogP contribution in [0.15, 0.2) is 18.6 Å². The van der Waals surface area contributed by atoms with Crippen LogP contribution in [0.25, 0.3) is 0 Å². The second-order valence-corrected chi connectivity index (χ2v) is 5.40. The Morgan fingerprint density at radius 1 is 1.50 bits per heavy atom. The van der Waals surface area contributed by atoms with E-state index >= 15 is 0 Å². The Bertz CT molecular complexity index is 689. The second kappa shape index (κ2) is 5.36. The fraction of sp³-hybridized carbons (Fsp3) is 0.231. The van der Waals surface area contributed by atoms with E-state index < -0.39 is 0 Å². The van der Waals surface area contributed by atoms with Crippen molar-refractivity contribution in [3.8, 4) is 6.07 Å². The number of amides is 1. The van der Waals surface area contributed by atoms with Crippen LogP contribution in [0.5, 0.6) is 0 Å². The molecule has 1 aliphatic heterocycles. The molecule has 0 fully saturated rings. The Morgan fingerprint density at radius 3 is 3.15 bits per heavy atom. The van der Waals surface area contributed by atoms with Crippen molar-refractivity contribution in [1.29, 1.82) is 5.26 Å². The summed E-state index contributed by atoms with van der Waals surface area (Å²) in [5.41, 5.74) is 1.86. The van der Waals surface area contributed by atoms with Crippen molar-refractivity contribution in [3.05, 3.63) is 40.3 Å². The highest BCUT2D eigenvalue weighted by Crippen LogP contribution is 2.34. The second-order valence-electron chi connectivity index (χ2n) is 4.29. The van der Waals surface area contributed by atoms with Gasteiger partial charge in [0.1, 0.15) is 16.8 Å². The number of hydrogen-bond donors (Lipinski definition) is 2. The van der Waals surface area contributed by atoms with Gasteiger partial charge in [0, 0.05) is 23.8 Å². The number of aromatic nitrogens is 2. The van der Waals surface area contributed by atoms with Gasteiger partial charge in [-0.15, -0.1) is 11.3 Å². The minimum Gasteiger partial charge on any atom is -0.312 e. The number of nitrogens with one attached hydrogen (secondary N) is 2. The van der Waals surface area contributed by atoms with Gasteiger partial charge in [-0.1, -0.05) is 0 Å². The number of nitriles is 1. The summed E-state index contributed by atoms with van der Waals surface area (Å²) >= 11 is 1.44. The molecule has 0 aromatic carbocycles. The average molecular weight is 285 g/mol. The number of nitrogens with zero attached hydrogens (tertiary/aromatic N) is 3. The van der Waals surface area contributed by atoms with E-state index in [9.17, 15) is 10.1 Å². The quantitative estimate of drug-likeness (QED) is 0.868. The Labute approximate surface area is 119 Å². The molecule has 7 heteroatoms. The van der Waals surface area contributed by atoms with Crippen molar-refractivity contribution in [3.63, 3.8) is 0 Å². The van der Waals surface area contributed by atoms with E-state index in [0.717, 1.165) is 30.0 Å². The Kier molecular flexibility index (Phi) is 3.41. The average Bonchev–Trinajstić information content (AvgIpc) is 2.85. The van der Waals surface area contributed by atoms with Crippen LogP contribution >= 0.6 is 11.3 Å². The van der Waals surface area contributed by atoms with Gasteiger partial charge in [0.25, 0.3) is 5.91 Å². The fourth-order valence-corrected chi connectivity index (χ4v) is 3.29. The maximum absolute atomic E-state index is 12.1. The smallest absolute Gasteiger partial charge is 0.276 e. The summed E-state index contributed by atoms with van der Waals surface area (Å²) in [6, 6.07) is 2.19. The molecule has 3 rings (SSSR count). The molecule has 0 spiro atoms. The molecule has 1 amide bonds. The van der Waals surface area contributed by atoms with Crippen LogP contribution in [-0.2, 0) is 13.0 Å². The number of rotatable bonds is 2. The minimum absolute atomic E-state index is 0.237. The molecule has 0 aliphatic carbocycles. The number of carbonyl (C=O) groups is 1. The van der Waals surface area contributed by atoms with Gasteiger partial charge in [0.2, 0.25) is 0 Å². The molecule has 0 radical (unpaired) electrons. The summed E-state index contributed by atoms with van der Waals surface area (Å²) in [6.07, 6.45) is 5.18. The van der Waals surface area contributed by atoms with Gasteiger partial charge < -0.3 is 10.6 Å². The zero-order valence-corrected chi connectivity index (χ0v) is 11.3. The zero-order chi connectivity index (χ0) is 13.9. The number of carbonyl (C=O) groups excluding carboxylic acids is 1. The van der Waals surface area contributed by atoms with Gasteiger partial charge in [0.05, 0.1) is 11.8 Å². The standard InChI is InChI=1S/C13H11N5OS/c14-5-9-8-1-2-15-7-11(8)20-13(9)18-12(19)10-6-16-3-4-17-10/h3-4,6,15H,1-2,7H2,(H,18,19). The summed E-state index contributed by atoms with van der Waals surface area (Å²) in [5, 5.41) is 15.9. The third-order valence-corrected chi connectivity index (χ3v) is 4.21. The molecule has 2 N–H and O–H groups in total. The van der Waals surface area contributed by atoms with Gasteiger partial charge in [-0.3, -0.25) is 9.78 Å². The first kappa shape index (κ1) is 12.7. The zero-order valence-electron chi connectivity index (χ0n) is 10.5. The maximum Gasteiger partial charge on any atom is 0.276 e. The van der Waals surface area contributed by atoms with Crippen LogP contribution in [0.4, 0.5) is 5.00 Å². The molecule has 2 aromatic heterocycles. The van der Waals surface area contributed by atoms with Gasteiger partial charge in [-0.05, 0) is 18.5 Å². The largest absolute Gasteiger partial charge is 0.312 e. The Hall–Kier alpha value is -2.30. The first-order valence-corrected chi connectivity index (χ1v) is 6.94. The molecule has 0 unspecified atom stereocenters. The highest BCUT2D eigenvalue weighted by atomic mass is 32.1. The van der Waals surface area contributed by atoms with E-state index in [1.165, 1.54) is 29.9 Å². The normalized spacial score (nSPS) is 13.3. The predicted octanol–water partition coefficient (Wildman–Crippen LogP) is 1.31.